The van der Waals surface area contributed by atoms with E-state index in [9.17, 15) is 9.59 Å². The second kappa shape index (κ2) is 8.92. The van der Waals surface area contributed by atoms with Gasteiger partial charge in [-0.25, -0.2) is 10.1 Å². The number of nitrogens with zero attached hydrogens (tertiary/aromatic N) is 1. The van der Waals surface area contributed by atoms with Gasteiger partial charge in [-0.05, 0) is 56.7 Å². The van der Waals surface area contributed by atoms with Crippen LogP contribution in [-0.4, -0.2) is 47.4 Å². The van der Waals surface area contributed by atoms with E-state index in [0.29, 0.717) is 30.9 Å². The van der Waals surface area contributed by atoms with Gasteiger partial charge in [0, 0.05) is 25.7 Å². The van der Waals surface area contributed by atoms with Crippen molar-refractivity contribution in [2.75, 3.05) is 25.0 Å². The molecule has 0 bridgehead atoms. The largest absolute Gasteiger partial charge is 0.444 e. The van der Waals surface area contributed by atoms with Crippen LogP contribution >= 0.6 is 0 Å². The highest BCUT2D eigenvalue weighted by molar-refractivity contribution is 5.98. The van der Waals surface area contributed by atoms with Gasteiger partial charge in [-0.2, -0.15) is 0 Å². The van der Waals surface area contributed by atoms with Crippen molar-refractivity contribution < 1.29 is 29.5 Å². The minimum atomic E-state index is -0.590. The Morgan fingerprint density at radius 3 is 2.74 bits per heavy atom. The number of ether oxygens (including phenoxy) is 1. The fourth-order valence-corrected chi connectivity index (χ4v) is 2.96. The molecule has 1 aromatic carbocycles. The molecule has 1 fully saturated rings. The Bertz CT molecular complexity index is 674. The second-order valence-corrected chi connectivity index (χ2v) is 7.55. The first-order chi connectivity index (χ1) is 12.7. The van der Waals surface area contributed by atoms with Crippen LogP contribution in [-0.2, 0) is 9.78 Å². The van der Waals surface area contributed by atoms with E-state index in [1.54, 1.807) is 4.90 Å². The van der Waals surface area contributed by atoms with Gasteiger partial charge in [0.2, 0.25) is 0 Å². The summed E-state index contributed by atoms with van der Waals surface area (Å²) in [5.74, 6) is -0.192. The molecule has 9 heteroatoms. The Morgan fingerprint density at radius 2 is 2.11 bits per heavy atom. The van der Waals surface area contributed by atoms with Gasteiger partial charge in [0.15, 0.2) is 5.75 Å². The number of likely N-dealkylation sites (tertiary alicyclic amines) is 1. The number of rotatable bonds is 6. The summed E-state index contributed by atoms with van der Waals surface area (Å²) in [6, 6.07) is 4.43. The van der Waals surface area contributed by atoms with Crippen LogP contribution in [0.2, 0.25) is 0 Å². The minimum absolute atomic E-state index is 0.186. The summed E-state index contributed by atoms with van der Waals surface area (Å²) in [6.07, 6.45) is 1.49. The van der Waals surface area contributed by atoms with E-state index in [1.807, 2.05) is 20.8 Å². The third-order valence-electron chi connectivity index (χ3n) is 4.14. The van der Waals surface area contributed by atoms with Crippen LogP contribution in [0.15, 0.2) is 18.2 Å². The predicted molar refractivity (Wildman–Crippen MR) is 98.3 cm³/mol. The van der Waals surface area contributed by atoms with Gasteiger partial charge in [0.05, 0.1) is 11.3 Å². The van der Waals surface area contributed by atoms with Crippen LogP contribution in [0, 0.1) is 5.92 Å². The Hall–Kier alpha value is -2.52. The number of amides is 2. The average Bonchev–Trinajstić information content (AvgIpc) is 2.59. The number of carbonyl (C=O) groups excluding carboxylic acids is 2. The zero-order valence-corrected chi connectivity index (χ0v) is 15.9. The predicted octanol–water partition coefficient (Wildman–Crippen LogP) is 2.63. The van der Waals surface area contributed by atoms with Crippen LogP contribution in [0.1, 0.15) is 44.0 Å². The first-order valence-electron chi connectivity index (χ1n) is 8.83. The zero-order valence-electron chi connectivity index (χ0n) is 15.9. The Kier molecular flexibility index (Phi) is 6.86. The lowest BCUT2D eigenvalue weighted by molar-refractivity contribution is -0.438. The molecule has 27 heavy (non-hydrogen) atoms. The number of anilines is 1. The number of nitrogens with one attached hydrogen (secondary N) is 1. The van der Waals surface area contributed by atoms with Crippen molar-refractivity contribution in [1.29, 1.82) is 0 Å². The molecule has 0 aliphatic carbocycles. The maximum atomic E-state index is 12.3. The third-order valence-corrected chi connectivity index (χ3v) is 4.14. The van der Waals surface area contributed by atoms with E-state index in [-0.39, 0.29) is 17.8 Å². The number of hydrogen-bond acceptors (Lipinski definition) is 7. The summed E-state index contributed by atoms with van der Waals surface area (Å²) in [6.45, 7) is 7.26. The fourth-order valence-electron chi connectivity index (χ4n) is 2.96. The molecule has 1 aliphatic heterocycles. The Balaban J connectivity index is 2.00. The summed E-state index contributed by atoms with van der Waals surface area (Å²) in [7, 11) is 0. The van der Waals surface area contributed by atoms with Crippen molar-refractivity contribution in [3.8, 4) is 5.75 Å². The van der Waals surface area contributed by atoms with E-state index < -0.39 is 11.5 Å². The van der Waals surface area contributed by atoms with Crippen LogP contribution in [0.5, 0.6) is 5.75 Å². The van der Waals surface area contributed by atoms with E-state index >= 15 is 0 Å². The second-order valence-electron chi connectivity index (χ2n) is 7.55. The van der Waals surface area contributed by atoms with Gasteiger partial charge in [-0.3, -0.25) is 4.79 Å². The molecule has 1 heterocycles. The van der Waals surface area contributed by atoms with Gasteiger partial charge in [0.1, 0.15) is 5.60 Å². The highest BCUT2D eigenvalue weighted by Crippen LogP contribution is 2.25. The standard InChI is InChI=1S/C18H27N3O6/c1-18(2,3)25-17(23)21-8-4-5-12(11-21)10-20-15-9-13(26-27-24)6-7-14(15)16(19)22/h6-7,9,12,20,24H,4-5,8,10-11H2,1-3H3,(H2,19,22). The molecule has 1 aliphatic rings. The maximum Gasteiger partial charge on any atom is 0.410 e. The lowest BCUT2D eigenvalue weighted by Crippen LogP contribution is -2.44. The molecule has 150 valence electrons. The lowest BCUT2D eigenvalue weighted by Gasteiger charge is -2.34. The Labute approximate surface area is 158 Å². The van der Waals surface area contributed by atoms with Gasteiger partial charge in [0.25, 0.3) is 5.91 Å². The molecule has 2 rings (SSSR count). The number of benzene rings is 1. The molecule has 0 aromatic heterocycles. The smallest absolute Gasteiger partial charge is 0.410 e. The summed E-state index contributed by atoms with van der Waals surface area (Å²) in [4.78, 5) is 30.1. The average molecular weight is 381 g/mol. The van der Waals surface area contributed by atoms with E-state index in [1.165, 1.54) is 18.2 Å². The van der Waals surface area contributed by atoms with Crippen molar-refractivity contribution in [2.24, 2.45) is 11.7 Å². The van der Waals surface area contributed by atoms with Gasteiger partial charge >= 0.3 is 6.09 Å². The van der Waals surface area contributed by atoms with E-state index in [4.69, 9.17) is 15.7 Å². The molecule has 1 unspecified atom stereocenters. The zero-order chi connectivity index (χ0) is 20.0. The maximum absolute atomic E-state index is 12.3. The Morgan fingerprint density at radius 1 is 1.37 bits per heavy atom. The van der Waals surface area contributed by atoms with Gasteiger partial charge in [-0.15, -0.1) is 0 Å². The van der Waals surface area contributed by atoms with Crippen LogP contribution in [0.25, 0.3) is 0 Å². The first-order valence-corrected chi connectivity index (χ1v) is 8.83. The summed E-state index contributed by atoms with van der Waals surface area (Å²) in [5, 5.41) is 15.2. The van der Waals surface area contributed by atoms with Crippen LogP contribution < -0.4 is 15.9 Å². The molecule has 0 spiro atoms. The molecule has 0 radical (unpaired) electrons. The molecule has 1 aromatic rings. The molecular formula is C18H27N3O6. The SMILES string of the molecule is CC(C)(C)OC(=O)N1CCCC(CNc2cc(OOO)ccc2C(N)=O)C1. The molecule has 0 saturated carbocycles. The quantitative estimate of drug-likeness (QED) is 0.511. The normalized spacial score (nSPS) is 17.3. The number of carbonyl (C=O) groups is 2. The molecule has 1 atom stereocenters. The van der Waals surface area contributed by atoms with Gasteiger partial charge < -0.3 is 25.6 Å². The van der Waals surface area contributed by atoms with E-state index in [0.717, 1.165) is 12.8 Å². The third kappa shape index (κ3) is 6.30. The molecule has 9 nitrogen and oxygen atoms in total. The summed E-state index contributed by atoms with van der Waals surface area (Å²) in [5.41, 5.74) is 5.62. The van der Waals surface area contributed by atoms with Crippen LogP contribution in [0.3, 0.4) is 0 Å². The first kappa shape index (κ1) is 20.8. The number of primary amides is 1. The highest BCUT2D eigenvalue weighted by Gasteiger charge is 2.27. The highest BCUT2D eigenvalue weighted by atomic mass is 17.5. The van der Waals surface area contributed by atoms with E-state index in [2.05, 4.69) is 15.2 Å². The van der Waals surface area contributed by atoms with Crippen molar-refractivity contribution >= 4 is 17.7 Å². The summed E-state index contributed by atoms with van der Waals surface area (Å²) >= 11 is 0. The van der Waals surface area contributed by atoms with Crippen molar-refractivity contribution in [3.63, 3.8) is 0 Å². The topological polar surface area (TPSA) is 123 Å². The number of piperidine rings is 1. The minimum Gasteiger partial charge on any atom is -0.444 e. The molecule has 1 saturated heterocycles. The van der Waals surface area contributed by atoms with Gasteiger partial charge in [-0.1, -0.05) is 0 Å². The monoisotopic (exact) mass is 381 g/mol. The number of hydrogen-bond donors (Lipinski definition) is 3. The molecular weight excluding hydrogens is 354 g/mol. The number of nitrogens with two attached hydrogens (primary N) is 1. The molecule has 2 amide bonds. The summed E-state index contributed by atoms with van der Waals surface area (Å²) < 4.78 is 5.43. The van der Waals surface area contributed by atoms with Crippen molar-refractivity contribution in [2.45, 2.75) is 39.2 Å². The van der Waals surface area contributed by atoms with Crippen molar-refractivity contribution in [3.05, 3.63) is 23.8 Å². The lowest BCUT2D eigenvalue weighted by atomic mass is 9.98. The van der Waals surface area contributed by atoms with Crippen molar-refractivity contribution in [1.82, 2.24) is 4.90 Å². The fraction of sp³-hybridized carbons (Fsp3) is 0.556. The van der Waals surface area contributed by atoms with Crippen LogP contribution in [0.4, 0.5) is 10.5 Å². The molecule has 4 N–H and O–H groups in total.